The fraction of sp³-hybridized carbons (Fsp3) is 0.529. The van der Waals surface area contributed by atoms with E-state index < -0.39 is 12.0 Å². The first-order valence-corrected chi connectivity index (χ1v) is 8.35. The summed E-state index contributed by atoms with van der Waals surface area (Å²) < 4.78 is 10.1. The normalized spacial score (nSPS) is 31.8. The van der Waals surface area contributed by atoms with E-state index in [1.165, 1.54) is 14.0 Å². The fourth-order valence-electron chi connectivity index (χ4n) is 4.74. The van der Waals surface area contributed by atoms with Crippen LogP contribution >= 0.6 is 0 Å². The highest BCUT2D eigenvalue weighted by molar-refractivity contribution is 6.24. The molecule has 0 saturated carbocycles. The lowest BCUT2D eigenvalue weighted by Gasteiger charge is -2.29. The molecular weight excluding hydrogens is 342 g/mol. The summed E-state index contributed by atoms with van der Waals surface area (Å²) in [7, 11) is 1.34. The van der Waals surface area contributed by atoms with E-state index >= 15 is 0 Å². The Labute approximate surface area is 149 Å². The molecule has 0 aromatic heterocycles. The highest BCUT2D eigenvalue weighted by atomic mass is 16.5. The molecule has 1 aliphatic carbocycles. The summed E-state index contributed by atoms with van der Waals surface area (Å²) in [5.74, 6) is -1.22. The minimum atomic E-state index is -0.951. The standard InChI is InChI=1S/C17H19N3O6/c1-6-14(22)13-10(15(23)16(6)25-3)8(5-26-17(18)24)11-12-9(4-19(11)13)20(12)7(2)21/h8-9,11-12H,4-5H2,1-3H3,(H2,18,24)/t8-,9+,11+,12+,20?/m1/s1. The van der Waals surface area contributed by atoms with Gasteiger partial charge in [-0.1, -0.05) is 0 Å². The van der Waals surface area contributed by atoms with Gasteiger partial charge in [0.15, 0.2) is 5.76 Å². The Balaban J connectivity index is 1.75. The SMILES string of the molecule is COC1=C(C)C(=O)C2=C(C1=O)[C@@H](COC(N)=O)[C@H]1[C@@H]3[C@H](CN21)N3C(C)=O. The Morgan fingerprint density at radius 1 is 1.23 bits per heavy atom. The number of primary amides is 1. The number of allylic oxidation sites excluding steroid dienone is 2. The van der Waals surface area contributed by atoms with E-state index in [9.17, 15) is 19.2 Å². The molecule has 2 N–H and O–H groups in total. The van der Waals surface area contributed by atoms with Gasteiger partial charge >= 0.3 is 6.09 Å². The molecule has 2 fully saturated rings. The molecule has 0 spiro atoms. The van der Waals surface area contributed by atoms with Crippen molar-refractivity contribution in [3.63, 3.8) is 0 Å². The molecular formula is C17H19N3O6. The monoisotopic (exact) mass is 361 g/mol. The lowest BCUT2D eigenvalue weighted by Crippen LogP contribution is -2.41. The smallest absolute Gasteiger partial charge is 0.404 e. The Kier molecular flexibility index (Phi) is 3.40. The number of nitrogens with zero attached hydrogens (tertiary/aromatic N) is 2. The first kappa shape index (κ1) is 16.6. The largest absolute Gasteiger partial charge is 0.492 e. The number of ether oxygens (including phenoxy) is 2. The van der Waals surface area contributed by atoms with Crippen molar-refractivity contribution >= 4 is 23.6 Å². The third-order valence-corrected chi connectivity index (χ3v) is 5.72. The summed E-state index contributed by atoms with van der Waals surface area (Å²) in [6, 6.07) is -0.379. The second-order valence-corrected chi connectivity index (χ2v) is 6.94. The molecule has 9 heteroatoms. The quantitative estimate of drug-likeness (QED) is 0.522. The maximum Gasteiger partial charge on any atom is 0.404 e. The van der Waals surface area contributed by atoms with Crippen LogP contribution in [0.1, 0.15) is 13.8 Å². The van der Waals surface area contributed by atoms with Gasteiger partial charge in [-0.2, -0.15) is 0 Å². The van der Waals surface area contributed by atoms with E-state index in [0.29, 0.717) is 12.2 Å². The lowest BCUT2D eigenvalue weighted by atomic mass is 9.85. The molecule has 26 heavy (non-hydrogen) atoms. The van der Waals surface area contributed by atoms with Crippen molar-refractivity contribution < 1.29 is 28.7 Å². The van der Waals surface area contributed by atoms with Crippen molar-refractivity contribution in [3.05, 3.63) is 22.6 Å². The van der Waals surface area contributed by atoms with E-state index in [1.54, 1.807) is 11.8 Å². The molecule has 0 unspecified atom stereocenters. The van der Waals surface area contributed by atoms with Gasteiger partial charge in [-0.3, -0.25) is 14.4 Å². The predicted molar refractivity (Wildman–Crippen MR) is 86.4 cm³/mol. The fourth-order valence-corrected chi connectivity index (χ4v) is 4.74. The van der Waals surface area contributed by atoms with Crippen LogP contribution in [0.4, 0.5) is 4.79 Å². The topological polar surface area (TPSA) is 119 Å². The number of hydrogen-bond acceptors (Lipinski definition) is 7. The third kappa shape index (κ3) is 1.96. The van der Waals surface area contributed by atoms with Crippen molar-refractivity contribution in [3.8, 4) is 0 Å². The van der Waals surface area contributed by atoms with Crippen LogP contribution in [-0.4, -0.2) is 71.8 Å². The summed E-state index contributed by atoms with van der Waals surface area (Å²) in [5, 5.41) is 0. The summed E-state index contributed by atoms with van der Waals surface area (Å²) in [6.45, 7) is 3.41. The van der Waals surface area contributed by atoms with Crippen LogP contribution in [0.15, 0.2) is 22.6 Å². The van der Waals surface area contributed by atoms with Crippen molar-refractivity contribution in [1.29, 1.82) is 0 Å². The number of amides is 2. The molecule has 138 valence electrons. The zero-order chi connectivity index (χ0) is 18.9. The van der Waals surface area contributed by atoms with Crippen LogP contribution in [0.25, 0.3) is 0 Å². The van der Waals surface area contributed by atoms with Gasteiger partial charge in [0, 0.05) is 30.5 Å². The summed E-state index contributed by atoms with van der Waals surface area (Å²) in [6.07, 6.45) is -0.951. The molecule has 3 heterocycles. The van der Waals surface area contributed by atoms with E-state index in [1.807, 2.05) is 4.90 Å². The predicted octanol–water partition coefficient (Wildman–Crippen LogP) is -0.679. The van der Waals surface area contributed by atoms with E-state index in [4.69, 9.17) is 15.2 Å². The molecule has 4 rings (SSSR count). The molecule has 9 nitrogen and oxygen atoms in total. The maximum absolute atomic E-state index is 12.9. The molecule has 0 bridgehead atoms. The van der Waals surface area contributed by atoms with Crippen molar-refractivity contribution in [2.45, 2.75) is 32.0 Å². The van der Waals surface area contributed by atoms with Gasteiger partial charge in [-0.15, -0.1) is 0 Å². The molecule has 2 amide bonds. The van der Waals surface area contributed by atoms with Gasteiger partial charge in [0.2, 0.25) is 17.5 Å². The number of nitrogens with two attached hydrogens (primary N) is 1. The molecule has 2 saturated heterocycles. The number of carbonyl (C=O) groups is 4. The Morgan fingerprint density at radius 3 is 2.50 bits per heavy atom. The van der Waals surface area contributed by atoms with Gasteiger partial charge in [0.05, 0.1) is 30.9 Å². The number of carbonyl (C=O) groups excluding carboxylic acids is 4. The van der Waals surface area contributed by atoms with Crippen molar-refractivity contribution in [1.82, 2.24) is 9.80 Å². The summed E-state index contributed by atoms with van der Waals surface area (Å²) in [4.78, 5) is 52.4. The Morgan fingerprint density at radius 2 is 1.92 bits per heavy atom. The van der Waals surface area contributed by atoms with Crippen molar-refractivity contribution in [2.24, 2.45) is 11.7 Å². The first-order chi connectivity index (χ1) is 12.3. The van der Waals surface area contributed by atoms with Crippen LogP contribution in [-0.2, 0) is 23.9 Å². The highest BCUT2D eigenvalue weighted by Crippen LogP contribution is 2.53. The Hall–Kier alpha value is -2.84. The van der Waals surface area contributed by atoms with Crippen LogP contribution < -0.4 is 5.73 Å². The van der Waals surface area contributed by atoms with E-state index in [-0.39, 0.29) is 59.1 Å². The molecule has 0 aromatic carbocycles. The number of piperazine rings is 1. The lowest BCUT2D eigenvalue weighted by molar-refractivity contribution is -0.125. The van der Waals surface area contributed by atoms with Crippen LogP contribution in [0.3, 0.4) is 0 Å². The second-order valence-electron chi connectivity index (χ2n) is 6.94. The van der Waals surface area contributed by atoms with Gasteiger partial charge < -0.3 is 25.0 Å². The minimum Gasteiger partial charge on any atom is -0.492 e. The van der Waals surface area contributed by atoms with E-state index in [0.717, 1.165) is 0 Å². The highest BCUT2D eigenvalue weighted by Gasteiger charge is 2.68. The number of Topliss-reactive ketones (excluding diaryl/α,β-unsaturated/α-hetero) is 2. The first-order valence-electron chi connectivity index (χ1n) is 8.35. The molecule has 0 aromatic rings. The molecule has 3 aliphatic heterocycles. The van der Waals surface area contributed by atoms with Crippen LogP contribution in [0.5, 0.6) is 0 Å². The van der Waals surface area contributed by atoms with Crippen molar-refractivity contribution in [2.75, 3.05) is 20.3 Å². The average molecular weight is 361 g/mol. The maximum atomic E-state index is 12.9. The van der Waals surface area contributed by atoms with Gasteiger partial charge in [-0.25, -0.2) is 4.79 Å². The van der Waals surface area contributed by atoms with Gasteiger partial charge in [0.1, 0.15) is 6.61 Å². The summed E-state index contributed by atoms with van der Waals surface area (Å²) in [5.41, 5.74) is 5.98. The minimum absolute atomic E-state index is 0.00905. The van der Waals surface area contributed by atoms with E-state index in [2.05, 4.69) is 0 Å². The van der Waals surface area contributed by atoms with Crippen LogP contribution in [0, 0.1) is 5.92 Å². The van der Waals surface area contributed by atoms with Crippen LogP contribution in [0.2, 0.25) is 0 Å². The zero-order valence-corrected chi connectivity index (χ0v) is 14.6. The molecule has 4 atom stereocenters. The summed E-state index contributed by atoms with van der Waals surface area (Å²) >= 11 is 0. The number of rotatable bonds is 3. The number of methoxy groups -OCH3 is 1. The number of hydrogen-bond donors (Lipinski definition) is 1. The number of fused-ring (bicyclic) bond motifs is 4. The third-order valence-electron chi connectivity index (χ3n) is 5.72. The van der Waals surface area contributed by atoms with Gasteiger partial charge in [-0.05, 0) is 6.92 Å². The van der Waals surface area contributed by atoms with Gasteiger partial charge in [0.25, 0.3) is 0 Å². The Bertz CT molecular complexity index is 828. The second kappa shape index (κ2) is 5.33. The zero-order valence-electron chi connectivity index (χ0n) is 14.6. The average Bonchev–Trinajstić information content (AvgIpc) is 3.00. The number of ketones is 2. The molecule has 0 radical (unpaired) electrons. The molecule has 4 aliphatic rings.